The van der Waals surface area contributed by atoms with Gasteiger partial charge in [-0.15, -0.1) is 0 Å². The first-order valence-electron chi connectivity index (χ1n) is 9.83. The SMILES string of the molecule is COc1ccc(C(=O)NC(=S)Nc2ccc(C(=O)N3CCCCCC3)cc2)cc1Br. The van der Waals surface area contributed by atoms with Gasteiger partial charge in [-0.25, -0.2) is 0 Å². The molecule has 0 atom stereocenters. The van der Waals surface area contributed by atoms with Crippen LogP contribution in [-0.2, 0) is 0 Å². The highest BCUT2D eigenvalue weighted by Gasteiger charge is 2.17. The summed E-state index contributed by atoms with van der Waals surface area (Å²) in [6.07, 6.45) is 4.49. The Bertz CT molecular complexity index is 926. The molecular weight excluding hydrogens is 466 g/mol. The third kappa shape index (κ3) is 5.79. The Kier molecular flexibility index (Phi) is 7.81. The Morgan fingerprint density at radius 1 is 1.00 bits per heavy atom. The standard InChI is InChI=1S/C22H24BrN3O3S/c1-29-19-11-8-16(14-18(19)23)20(27)25-22(30)24-17-9-6-15(7-10-17)21(28)26-12-4-2-3-5-13-26/h6-11,14H,2-5,12-13H2,1H3,(H2,24,25,27,30). The molecule has 2 aromatic rings. The van der Waals surface area contributed by atoms with Crippen LogP contribution in [-0.4, -0.2) is 42.0 Å². The first-order valence-corrected chi connectivity index (χ1v) is 11.0. The number of nitrogens with one attached hydrogen (secondary N) is 2. The van der Waals surface area contributed by atoms with Gasteiger partial charge in [-0.3, -0.25) is 14.9 Å². The topological polar surface area (TPSA) is 70.7 Å². The van der Waals surface area contributed by atoms with Crippen molar-refractivity contribution in [3.8, 4) is 5.75 Å². The molecule has 30 heavy (non-hydrogen) atoms. The molecule has 0 unspecified atom stereocenters. The van der Waals surface area contributed by atoms with Crippen molar-refractivity contribution in [2.75, 3.05) is 25.5 Å². The molecule has 0 radical (unpaired) electrons. The molecule has 0 spiro atoms. The molecule has 158 valence electrons. The molecule has 2 aromatic carbocycles. The summed E-state index contributed by atoms with van der Waals surface area (Å²) in [6, 6.07) is 12.2. The number of amides is 2. The molecule has 0 saturated carbocycles. The second-order valence-corrected chi connectivity index (χ2v) is 8.30. The highest BCUT2D eigenvalue weighted by Crippen LogP contribution is 2.25. The average Bonchev–Trinajstić information content (AvgIpc) is 3.03. The van der Waals surface area contributed by atoms with Crippen molar-refractivity contribution < 1.29 is 14.3 Å². The van der Waals surface area contributed by atoms with Gasteiger partial charge in [0.15, 0.2) is 5.11 Å². The van der Waals surface area contributed by atoms with Gasteiger partial charge in [-0.2, -0.15) is 0 Å². The molecule has 1 aliphatic heterocycles. The number of ether oxygens (including phenoxy) is 1. The van der Waals surface area contributed by atoms with Crippen LogP contribution in [0.1, 0.15) is 46.4 Å². The van der Waals surface area contributed by atoms with E-state index in [0.717, 1.165) is 25.9 Å². The van der Waals surface area contributed by atoms with Gasteiger partial charge in [0, 0.05) is 29.9 Å². The molecule has 0 aromatic heterocycles. The average molecular weight is 490 g/mol. The largest absolute Gasteiger partial charge is 0.496 e. The van der Waals surface area contributed by atoms with Crippen LogP contribution < -0.4 is 15.4 Å². The molecule has 8 heteroatoms. The van der Waals surface area contributed by atoms with Gasteiger partial charge >= 0.3 is 0 Å². The van der Waals surface area contributed by atoms with Gasteiger partial charge in [0.2, 0.25) is 0 Å². The number of halogens is 1. The van der Waals surface area contributed by atoms with Crippen molar-refractivity contribution in [1.29, 1.82) is 0 Å². The molecule has 1 heterocycles. The van der Waals surface area contributed by atoms with E-state index < -0.39 is 0 Å². The van der Waals surface area contributed by atoms with E-state index in [9.17, 15) is 9.59 Å². The van der Waals surface area contributed by atoms with Crippen molar-refractivity contribution in [3.05, 3.63) is 58.1 Å². The zero-order valence-corrected chi connectivity index (χ0v) is 19.1. The fraction of sp³-hybridized carbons (Fsp3) is 0.318. The Balaban J connectivity index is 1.57. The highest BCUT2D eigenvalue weighted by molar-refractivity contribution is 9.10. The molecule has 3 rings (SSSR count). The number of nitrogens with zero attached hydrogens (tertiary/aromatic N) is 1. The molecule has 1 fully saturated rings. The Morgan fingerprint density at radius 2 is 1.63 bits per heavy atom. The van der Waals surface area contributed by atoms with E-state index >= 15 is 0 Å². The second-order valence-electron chi connectivity index (χ2n) is 7.04. The summed E-state index contributed by atoms with van der Waals surface area (Å²) in [5.41, 5.74) is 1.80. The number of hydrogen-bond donors (Lipinski definition) is 2. The summed E-state index contributed by atoms with van der Waals surface area (Å²) in [7, 11) is 1.56. The summed E-state index contributed by atoms with van der Waals surface area (Å²) in [4.78, 5) is 27.0. The number of anilines is 1. The quantitative estimate of drug-likeness (QED) is 0.614. The number of rotatable bonds is 4. The summed E-state index contributed by atoms with van der Waals surface area (Å²) < 4.78 is 5.85. The number of hydrogen-bond acceptors (Lipinski definition) is 4. The van der Waals surface area contributed by atoms with E-state index in [4.69, 9.17) is 17.0 Å². The monoisotopic (exact) mass is 489 g/mol. The first kappa shape index (κ1) is 22.2. The van der Waals surface area contributed by atoms with E-state index in [0.29, 0.717) is 27.0 Å². The Morgan fingerprint density at radius 3 is 2.23 bits per heavy atom. The lowest BCUT2D eigenvalue weighted by atomic mass is 10.1. The summed E-state index contributed by atoms with van der Waals surface area (Å²) >= 11 is 8.60. The molecule has 6 nitrogen and oxygen atoms in total. The lowest BCUT2D eigenvalue weighted by Gasteiger charge is -2.20. The highest BCUT2D eigenvalue weighted by atomic mass is 79.9. The molecule has 0 bridgehead atoms. The van der Waals surface area contributed by atoms with Crippen LogP contribution in [0.3, 0.4) is 0 Å². The van der Waals surface area contributed by atoms with Gasteiger partial charge < -0.3 is 15.0 Å². The number of thiocarbonyl (C=S) groups is 1. The van der Waals surface area contributed by atoms with E-state index in [2.05, 4.69) is 26.6 Å². The minimum Gasteiger partial charge on any atom is -0.496 e. The molecular formula is C22H24BrN3O3S. The maximum absolute atomic E-state index is 12.7. The van der Waals surface area contributed by atoms with Crippen LogP contribution >= 0.6 is 28.1 Å². The van der Waals surface area contributed by atoms with E-state index in [-0.39, 0.29) is 16.9 Å². The predicted molar refractivity (Wildman–Crippen MR) is 125 cm³/mol. The summed E-state index contributed by atoms with van der Waals surface area (Å²) in [5, 5.41) is 5.80. The van der Waals surface area contributed by atoms with Crippen LogP contribution in [0, 0.1) is 0 Å². The number of carbonyl (C=O) groups is 2. The number of carbonyl (C=O) groups excluding carboxylic acids is 2. The zero-order valence-electron chi connectivity index (χ0n) is 16.7. The van der Waals surface area contributed by atoms with E-state index in [1.54, 1.807) is 49.6 Å². The molecule has 0 aliphatic carbocycles. The lowest BCUT2D eigenvalue weighted by Crippen LogP contribution is -2.34. The molecule has 2 amide bonds. The number of benzene rings is 2. The van der Waals surface area contributed by atoms with Crippen molar-refractivity contribution in [2.24, 2.45) is 0 Å². The van der Waals surface area contributed by atoms with Crippen LogP contribution in [0.2, 0.25) is 0 Å². The third-order valence-electron chi connectivity index (χ3n) is 4.92. The van der Waals surface area contributed by atoms with Crippen LogP contribution in [0.25, 0.3) is 0 Å². The number of likely N-dealkylation sites (tertiary alicyclic amines) is 1. The van der Waals surface area contributed by atoms with Crippen LogP contribution in [0.15, 0.2) is 46.9 Å². The zero-order chi connectivity index (χ0) is 21.5. The smallest absolute Gasteiger partial charge is 0.257 e. The summed E-state index contributed by atoms with van der Waals surface area (Å²) in [6.45, 7) is 1.63. The minimum atomic E-state index is -0.330. The first-order chi connectivity index (χ1) is 14.5. The molecule has 1 aliphatic rings. The van der Waals surface area contributed by atoms with Gasteiger partial charge in [-0.1, -0.05) is 12.8 Å². The van der Waals surface area contributed by atoms with Gasteiger partial charge in [-0.05, 0) is 83.5 Å². The Hall–Kier alpha value is -2.45. The summed E-state index contributed by atoms with van der Waals surface area (Å²) in [5.74, 6) is 0.371. The van der Waals surface area contributed by atoms with Crippen molar-refractivity contribution in [3.63, 3.8) is 0 Å². The number of methoxy groups -OCH3 is 1. The van der Waals surface area contributed by atoms with Crippen molar-refractivity contribution >= 4 is 50.8 Å². The van der Waals surface area contributed by atoms with Gasteiger partial charge in [0.25, 0.3) is 11.8 Å². The lowest BCUT2D eigenvalue weighted by molar-refractivity contribution is 0.0761. The normalized spacial score (nSPS) is 13.9. The predicted octanol–water partition coefficient (Wildman–Crippen LogP) is 4.60. The Labute approximate surface area is 190 Å². The third-order valence-corrected chi connectivity index (χ3v) is 5.75. The van der Waals surface area contributed by atoms with Crippen molar-refractivity contribution in [2.45, 2.75) is 25.7 Å². The second kappa shape index (κ2) is 10.5. The molecule has 2 N–H and O–H groups in total. The van der Waals surface area contributed by atoms with Crippen molar-refractivity contribution in [1.82, 2.24) is 10.2 Å². The maximum atomic E-state index is 12.7. The van der Waals surface area contributed by atoms with Crippen LogP contribution in [0.4, 0.5) is 5.69 Å². The van der Waals surface area contributed by atoms with Gasteiger partial charge in [0.1, 0.15) is 5.75 Å². The van der Waals surface area contributed by atoms with E-state index in [1.807, 2.05) is 4.90 Å². The fourth-order valence-electron chi connectivity index (χ4n) is 3.30. The fourth-order valence-corrected chi connectivity index (χ4v) is 4.05. The van der Waals surface area contributed by atoms with Gasteiger partial charge in [0.05, 0.1) is 11.6 Å². The molecule has 1 saturated heterocycles. The minimum absolute atomic E-state index is 0.0596. The van der Waals surface area contributed by atoms with E-state index in [1.165, 1.54) is 12.8 Å². The van der Waals surface area contributed by atoms with Crippen LogP contribution in [0.5, 0.6) is 5.75 Å². The maximum Gasteiger partial charge on any atom is 0.257 e.